The van der Waals surface area contributed by atoms with Crippen LogP contribution in [0.25, 0.3) is 0 Å². The van der Waals surface area contributed by atoms with Crippen LogP contribution in [0, 0.1) is 11.8 Å². The van der Waals surface area contributed by atoms with E-state index in [1.807, 2.05) is 0 Å². The van der Waals surface area contributed by atoms with Crippen LogP contribution in [0.2, 0.25) is 0 Å². The maximum atomic E-state index is 11.8. The lowest BCUT2D eigenvalue weighted by Crippen LogP contribution is -2.45. The molecular formula is C15H22N2O3S. The number of hydrogen-bond acceptors (Lipinski definition) is 6. The third kappa shape index (κ3) is 3.10. The van der Waals surface area contributed by atoms with E-state index in [4.69, 9.17) is 4.74 Å². The van der Waals surface area contributed by atoms with Gasteiger partial charge in [0.25, 0.3) is 0 Å². The van der Waals surface area contributed by atoms with Crippen molar-refractivity contribution in [3.63, 3.8) is 0 Å². The number of thiazole rings is 1. The molecule has 1 saturated heterocycles. The van der Waals surface area contributed by atoms with Crippen molar-refractivity contribution in [1.29, 1.82) is 0 Å². The minimum atomic E-state index is -0.548. The molecule has 3 atom stereocenters. The summed E-state index contributed by atoms with van der Waals surface area (Å²) in [7, 11) is 1.30. The van der Waals surface area contributed by atoms with Gasteiger partial charge in [-0.25, -0.2) is 9.78 Å². The van der Waals surface area contributed by atoms with Crippen molar-refractivity contribution in [1.82, 2.24) is 4.98 Å². The number of ether oxygens (including phenoxy) is 1. The third-order valence-corrected chi connectivity index (χ3v) is 5.35. The van der Waals surface area contributed by atoms with Gasteiger partial charge in [-0.15, -0.1) is 0 Å². The molecule has 1 aliphatic heterocycles. The Kier molecular flexibility index (Phi) is 4.66. The lowest BCUT2D eigenvalue weighted by Gasteiger charge is -2.41. The standard InChI is InChI=1S/C15H22N2O3S/c1-8-6-9(2)10(3)17(7-8)15-16-12(14(19)20-5)13(21-15)11(4)18/h8-10H,6-7H2,1-5H3. The normalized spacial score (nSPS) is 25.8. The van der Waals surface area contributed by atoms with Gasteiger partial charge in [0.1, 0.15) is 4.88 Å². The van der Waals surface area contributed by atoms with Crippen LogP contribution >= 0.6 is 11.3 Å². The third-order valence-electron chi connectivity index (χ3n) is 4.16. The van der Waals surface area contributed by atoms with Gasteiger partial charge in [-0.2, -0.15) is 0 Å². The van der Waals surface area contributed by atoms with Crippen LogP contribution < -0.4 is 4.90 Å². The number of methoxy groups -OCH3 is 1. The molecule has 2 rings (SSSR count). The summed E-state index contributed by atoms with van der Waals surface area (Å²) in [5.74, 6) is 0.431. The highest BCUT2D eigenvalue weighted by Crippen LogP contribution is 2.35. The molecule has 1 aliphatic rings. The predicted molar refractivity (Wildman–Crippen MR) is 83.2 cm³/mol. The Morgan fingerprint density at radius 2 is 2.00 bits per heavy atom. The molecule has 0 amide bonds. The van der Waals surface area contributed by atoms with Crippen LogP contribution in [0.1, 0.15) is 54.3 Å². The van der Waals surface area contributed by atoms with Crippen molar-refractivity contribution >= 4 is 28.2 Å². The number of rotatable bonds is 3. The molecule has 116 valence electrons. The summed E-state index contributed by atoms with van der Waals surface area (Å²) in [6.07, 6.45) is 1.19. The van der Waals surface area contributed by atoms with Crippen molar-refractivity contribution in [2.75, 3.05) is 18.6 Å². The Labute approximate surface area is 129 Å². The summed E-state index contributed by atoms with van der Waals surface area (Å²) in [6, 6.07) is 0.345. The fourth-order valence-corrected chi connectivity index (χ4v) is 3.92. The first kappa shape index (κ1) is 15.9. The van der Waals surface area contributed by atoms with E-state index in [2.05, 4.69) is 30.7 Å². The minimum absolute atomic E-state index is 0.142. The molecule has 1 fully saturated rings. The number of nitrogens with zero attached hydrogens (tertiary/aromatic N) is 2. The number of esters is 1. The van der Waals surface area contributed by atoms with Crippen LogP contribution in [0.5, 0.6) is 0 Å². The van der Waals surface area contributed by atoms with Gasteiger partial charge in [0, 0.05) is 19.5 Å². The molecule has 0 saturated carbocycles. The molecule has 0 radical (unpaired) electrons. The Hall–Kier alpha value is -1.43. The van der Waals surface area contributed by atoms with Crippen LogP contribution in [0.4, 0.5) is 5.13 Å². The van der Waals surface area contributed by atoms with Crippen molar-refractivity contribution in [3.05, 3.63) is 10.6 Å². The second-order valence-electron chi connectivity index (χ2n) is 5.93. The summed E-state index contributed by atoms with van der Waals surface area (Å²) < 4.78 is 4.73. The second-order valence-corrected chi connectivity index (χ2v) is 6.91. The summed E-state index contributed by atoms with van der Waals surface area (Å²) in [6.45, 7) is 8.97. The quantitative estimate of drug-likeness (QED) is 0.634. The van der Waals surface area contributed by atoms with Gasteiger partial charge in [-0.3, -0.25) is 4.79 Å². The number of aromatic nitrogens is 1. The van der Waals surface area contributed by atoms with Gasteiger partial charge < -0.3 is 9.64 Å². The summed E-state index contributed by atoms with van der Waals surface area (Å²) in [5.41, 5.74) is 0.142. The second kappa shape index (κ2) is 6.13. The number of carbonyl (C=O) groups is 2. The number of ketones is 1. The molecule has 6 heteroatoms. The highest BCUT2D eigenvalue weighted by atomic mass is 32.1. The van der Waals surface area contributed by atoms with E-state index in [9.17, 15) is 9.59 Å². The van der Waals surface area contributed by atoms with Gasteiger partial charge in [-0.05, 0) is 25.2 Å². The average molecular weight is 310 g/mol. The van der Waals surface area contributed by atoms with Crippen molar-refractivity contribution in [2.24, 2.45) is 11.8 Å². The summed E-state index contributed by atoms with van der Waals surface area (Å²) in [4.78, 5) is 30.5. The SMILES string of the molecule is COC(=O)c1nc(N2CC(C)CC(C)C2C)sc1C(C)=O. The molecule has 1 aromatic rings. The predicted octanol–water partition coefficient (Wildman–Crippen LogP) is 3.00. The Morgan fingerprint density at radius 3 is 2.57 bits per heavy atom. The van der Waals surface area contributed by atoms with E-state index < -0.39 is 5.97 Å². The van der Waals surface area contributed by atoms with Gasteiger partial charge >= 0.3 is 5.97 Å². The Bertz CT molecular complexity index is 555. The van der Waals surface area contributed by atoms with Crippen LogP contribution in [0.15, 0.2) is 0 Å². The monoisotopic (exact) mass is 310 g/mol. The van der Waals surface area contributed by atoms with E-state index in [1.54, 1.807) is 0 Å². The van der Waals surface area contributed by atoms with E-state index in [1.165, 1.54) is 31.8 Å². The average Bonchev–Trinajstić information content (AvgIpc) is 2.87. The van der Waals surface area contributed by atoms with E-state index in [0.717, 1.165) is 11.7 Å². The number of piperidine rings is 1. The molecule has 1 aromatic heterocycles. The maximum absolute atomic E-state index is 11.8. The van der Waals surface area contributed by atoms with Crippen LogP contribution in [0.3, 0.4) is 0 Å². The molecule has 0 N–H and O–H groups in total. The Balaban J connectivity index is 2.40. The smallest absolute Gasteiger partial charge is 0.358 e. The van der Waals surface area contributed by atoms with Gasteiger partial charge in [-0.1, -0.05) is 25.2 Å². The summed E-state index contributed by atoms with van der Waals surface area (Å²) in [5, 5.41) is 0.742. The minimum Gasteiger partial charge on any atom is -0.464 e. The van der Waals surface area contributed by atoms with Crippen molar-refractivity contribution in [3.8, 4) is 0 Å². The fraction of sp³-hybridized carbons (Fsp3) is 0.667. The van der Waals surface area contributed by atoms with Crippen molar-refractivity contribution in [2.45, 2.75) is 40.2 Å². The molecule has 0 bridgehead atoms. The lowest BCUT2D eigenvalue weighted by molar-refractivity contribution is 0.0591. The molecule has 5 nitrogen and oxygen atoms in total. The molecular weight excluding hydrogens is 288 g/mol. The first-order chi connectivity index (χ1) is 9.85. The zero-order valence-corrected chi connectivity index (χ0v) is 14.0. The molecule has 2 heterocycles. The molecule has 21 heavy (non-hydrogen) atoms. The van der Waals surface area contributed by atoms with E-state index in [-0.39, 0.29) is 11.5 Å². The van der Waals surface area contributed by atoms with E-state index >= 15 is 0 Å². The summed E-state index contributed by atoms with van der Waals surface area (Å²) >= 11 is 1.29. The van der Waals surface area contributed by atoms with Crippen LogP contribution in [-0.4, -0.2) is 36.4 Å². The number of anilines is 1. The zero-order valence-electron chi connectivity index (χ0n) is 13.2. The van der Waals surface area contributed by atoms with E-state index in [0.29, 0.717) is 22.8 Å². The van der Waals surface area contributed by atoms with Gasteiger partial charge in [0.2, 0.25) is 0 Å². The topological polar surface area (TPSA) is 59.5 Å². The number of Topliss-reactive ketones (excluding diaryl/α,β-unsaturated/α-hetero) is 1. The number of hydrogen-bond donors (Lipinski definition) is 0. The fourth-order valence-electron chi connectivity index (χ4n) is 2.87. The maximum Gasteiger partial charge on any atom is 0.358 e. The lowest BCUT2D eigenvalue weighted by atomic mass is 9.86. The first-order valence-electron chi connectivity index (χ1n) is 7.21. The molecule has 0 spiro atoms. The van der Waals surface area contributed by atoms with Crippen LogP contribution in [-0.2, 0) is 4.74 Å². The highest BCUT2D eigenvalue weighted by molar-refractivity contribution is 7.17. The Morgan fingerprint density at radius 1 is 1.33 bits per heavy atom. The zero-order chi connectivity index (χ0) is 15.7. The molecule has 0 aliphatic carbocycles. The molecule has 3 unspecified atom stereocenters. The highest BCUT2D eigenvalue weighted by Gasteiger charge is 2.32. The number of carbonyl (C=O) groups excluding carboxylic acids is 2. The van der Waals surface area contributed by atoms with Gasteiger partial charge in [0.05, 0.1) is 7.11 Å². The van der Waals surface area contributed by atoms with Gasteiger partial charge in [0.15, 0.2) is 16.6 Å². The first-order valence-corrected chi connectivity index (χ1v) is 8.03. The molecule has 0 aromatic carbocycles. The largest absolute Gasteiger partial charge is 0.464 e. The van der Waals surface area contributed by atoms with Crippen molar-refractivity contribution < 1.29 is 14.3 Å².